The van der Waals surface area contributed by atoms with Crippen LogP contribution in [0.5, 0.6) is 5.75 Å². The van der Waals surface area contributed by atoms with Gasteiger partial charge in [-0.15, -0.1) is 0 Å². The van der Waals surface area contributed by atoms with Gasteiger partial charge in [0.15, 0.2) is 11.7 Å². The van der Waals surface area contributed by atoms with Crippen LogP contribution in [0.1, 0.15) is 37.3 Å². The number of oxazole rings is 1. The number of carbonyl (C=O) groups excluding carboxylic acids is 1. The molecule has 0 fully saturated rings. The molecule has 0 radical (unpaired) electrons. The van der Waals surface area contributed by atoms with Crippen molar-refractivity contribution in [3.8, 4) is 17.1 Å². The summed E-state index contributed by atoms with van der Waals surface area (Å²) in [5, 5.41) is 12.6. The number of phenolic OH excluding ortho intramolecular Hbond substituents is 1. The summed E-state index contributed by atoms with van der Waals surface area (Å²) in [6.07, 6.45) is 3.36. The molecule has 3 aromatic rings. The molecule has 0 aliphatic rings. The average Bonchev–Trinajstić information content (AvgIpc) is 3.11. The summed E-state index contributed by atoms with van der Waals surface area (Å²) in [5.41, 5.74) is 3.61. The highest BCUT2D eigenvalue weighted by molar-refractivity contribution is 5.92. The number of carbonyl (C=O) groups is 1. The van der Waals surface area contributed by atoms with E-state index in [1.54, 1.807) is 18.3 Å². The molecule has 0 unspecified atom stereocenters. The summed E-state index contributed by atoms with van der Waals surface area (Å²) in [5.74, 6) is 1.70. The molecule has 1 amide bonds. The minimum Gasteiger partial charge on any atom is -0.506 e. The standard InChI is InChI=1S/C23H26N2O3/c1-15(2)12-17-5-7-18(8-6-17)21-14-24-23(28-21)11-10-22(27)25-19-9-4-16(3)13-20(19)26/h4-9,13-15,26H,10-12H2,1-3H3,(H,25,27). The molecule has 2 N–H and O–H groups in total. The van der Waals surface area contributed by atoms with Crippen LogP contribution in [-0.4, -0.2) is 16.0 Å². The number of aryl methyl sites for hydroxylation is 2. The van der Waals surface area contributed by atoms with Crippen molar-refractivity contribution in [2.75, 3.05) is 5.32 Å². The first-order valence-electron chi connectivity index (χ1n) is 9.54. The molecule has 0 aliphatic carbocycles. The molecule has 146 valence electrons. The van der Waals surface area contributed by atoms with E-state index in [1.165, 1.54) is 5.56 Å². The third-order valence-electron chi connectivity index (χ3n) is 4.43. The first kappa shape index (κ1) is 19.7. The number of amides is 1. The molecule has 2 aromatic carbocycles. The van der Waals surface area contributed by atoms with Gasteiger partial charge in [-0.25, -0.2) is 4.98 Å². The molecular formula is C23H26N2O3. The number of benzene rings is 2. The Labute approximate surface area is 165 Å². The monoisotopic (exact) mass is 378 g/mol. The van der Waals surface area contributed by atoms with Gasteiger partial charge in [0.1, 0.15) is 5.75 Å². The summed E-state index contributed by atoms with van der Waals surface area (Å²) in [6.45, 7) is 6.28. The maximum Gasteiger partial charge on any atom is 0.224 e. The number of phenols is 1. The Morgan fingerprint density at radius 1 is 1.18 bits per heavy atom. The van der Waals surface area contributed by atoms with Gasteiger partial charge in [0.05, 0.1) is 11.9 Å². The molecule has 0 saturated heterocycles. The summed E-state index contributed by atoms with van der Waals surface area (Å²) >= 11 is 0. The number of nitrogens with zero attached hydrogens (tertiary/aromatic N) is 1. The molecule has 28 heavy (non-hydrogen) atoms. The van der Waals surface area contributed by atoms with Crippen molar-refractivity contribution in [3.63, 3.8) is 0 Å². The highest BCUT2D eigenvalue weighted by Gasteiger charge is 2.11. The predicted octanol–water partition coefficient (Wildman–Crippen LogP) is 5.13. The van der Waals surface area contributed by atoms with E-state index in [0.717, 1.165) is 17.5 Å². The fraction of sp³-hybridized carbons (Fsp3) is 0.304. The Kier molecular flexibility index (Phi) is 6.14. The van der Waals surface area contributed by atoms with Crippen molar-refractivity contribution in [2.24, 2.45) is 5.92 Å². The highest BCUT2D eigenvalue weighted by Crippen LogP contribution is 2.25. The zero-order valence-electron chi connectivity index (χ0n) is 16.5. The average molecular weight is 378 g/mol. The second-order valence-electron chi connectivity index (χ2n) is 7.48. The Balaban J connectivity index is 1.56. The van der Waals surface area contributed by atoms with Crippen molar-refractivity contribution >= 4 is 11.6 Å². The van der Waals surface area contributed by atoms with Crippen LogP contribution in [0.15, 0.2) is 53.1 Å². The van der Waals surface area contributed by atoms with E-state index in [9.17, 15) is 9.90 Å². The van der Waals surface area contributed by atoms with Crippen LogP contribution in [0.2, 0.25) is 0 Å². The predicted molar refractivity (Wildman–Crippen MR) is 110 cm³/mol. The third-order valence-corrected chi connectivity index (χ3v) is 4.43. The smallest absolute Gasteiger partial charge is 0.224 e. The van der Waals surface area contributed by atoms with E-state index in [1.807, 2.05) is 25.1 Å². The number of rotatable bonds is 7. The molecule has 5 nitrogen and oxygen atoms in total. The minimum atomic E-state index is -0.197. The van der Waals surface area contributed by atoms with Gasteiger partial charge in [0.25, 0.3) is 0 Å². The van der Waals surface area contributed by atoms with Crippen LogP contribution in [0.25, 0.3) is 11.3 Å². The van der Waals surface area contributed by atoms with E-state index >= 15 is 0 Å². The van der Waals surface area contributed by atoms with E-state index in [-0.39, 0.29) is 18.1 Å². The van der Waals surface area contributed by atoms with Crippen LogP contribution in [0.4, 0.5) is 5.69 Å². The molecule has 1 heterocycles. The van der Waals surface area contributed by atoms with Gasteiger partial charge < -0.3 is 14.8 Å². The normalized spacial score (nSPS) is 11.0. The maximum absolute atomic E-state index is 12.1. The number of hydrogen-bond donors (Lipinski definition) is 2. The zero-order chi connectivity index (χ0) is 20.1. The van der Waals surface area contributed by atoms with Gasteiger partial charge in [-0.05, 0) is 42.5 Å². The van der Waals surface area contributed by atoms with Gasteiger partial charge in [-0.3, -0.25) is 4.79 Å². The summed E-state index contributed by atoms with van der Waals surface area (Å²) in [4.78, 5) is 16.4. The molecule has 5 heteroatoms. The lowest BCUT2D eigenvalue weighted by Gasteiger charge is -2.07. The molecule has 3 rings (SSSR count). The molecule has 1 aromatic heterocycles. The summed E-state index contributed by atoms with van der Waals surface area (Å²) in [7, 11) is 0. The second kappa shape index (κ2) is 8.74. The molecule has 0 aliphatic heterocycles. The number of anilines is 1. The van der Waals surface area contributed by atoms with Gasteiger partial charge in [0.2, 0.25) is 5.91 Å². The SMILES string of the molecule is Cc1ccc(NC(=O)CCc2ncc(-c3ccc(CC(C)C)cc3)o2)c(O)c1. The lowest BCUT2D eigenvalue weighted by molar-refractivity contribution is -0.116. The highest BCUT2D eigenvalue weighted by atomic mass is 16.4. The largest absolute Gasteiger partial charge is 0.506 e. The number of aromatic nitrogens is 1. The Morgan fingerprint density at radius 3 is 2.61 bits per heavy atom. The zero-order valence-corrected chi connectivity index (χ0v) is 16.5. The molecule has 0 saturated carbocycles. The molecule has 0 spiro atoms. The van der Waals surface area contributed by atoms with Crippen molar-refractivity contribution in [3.05, 3.63) is 65.7 Å². The fourth-order valence-corrected chi connectivity index (χ4v) is 3.02. The summed E-state index contributed by atoms with van der Waals surface area (Å²) < 4.78 is 5.79. The van der Waals surface area contributed by atoms with E-state index in [4.69, 9.17) is 4.42 Å². The fourth-order valence-electron chi connectivity index (χ4n) is 3.02. The Morgan fingerprint density at radius 2 is 1.93 bits per heavy atom. The van der Waals surface area contributed by atoms with E-state index in [0.29, 0.717) is 29.7 Å². The minimum absolute atomic E-state index is 0.0627. The topological polar surface area (TPSA) is 75.4 Å². The number of aromatic hydroxyl groups is 1. The van der Waals surface area contributed by atoms with Crippen molar-refractivity contribution in [2.45, 2.75) is 40.0 Å². The summed E-state index contributed by atoms with van der Waals surface area (Å²) in [6, 6.07) is 13.4. The van der Waals surface area contributed by atoms with Crippen LogP contribution in [0.3, 0.4) is 0 Å². The first-order chi connectivity index (χ1) is 13.4. The lowest BCUT2D eigenvalue weighted by atomic mass is 10.0. The first-order valence-corrected chi connectivity index (χ1v) is 9.54. The van der Waals surface area contributed by atoms with Crippen LogP contribution in [-0.2, 0) is 17.6 Å². The Bertz CT molecular complexity index is 943. The third kappa shape index (κ3) is 5.22. The van der Waals surface area contributed by atoms with E-state index in [2.05, 4.69) is 36.3 Å². The number of hydrogen-bond acceptors (Lipinski definition) is 4. The maximum atomic E-state index is 12.1. The van der Waals surface area contributed by atoms with Crippen molar-refractivity contribution < 1.29 is 14.3 Å². The van der Waals surface area contributed by atoms with Crippen molar-refractivity contribution in [1.29, 1.82) is 0 Å². The molecule has 0 bridgehead atoms. The molecular weight excluding hydrogens is 352 g/mol. The Hall–Kier alpha value is -3.08. The van der Waals surface area contributed by atoms with Gasteiger partial charge >= 0.3 is 0 Å². The van der Waals surface area contributed by atoms with Crippen molar-refractivity contribution in [1.82, 2.24) is 4.98 Å². The van der Waals surface area contributed by atoms with Crippen LogP contribution < -0.4 is 5.32 Å². The quantitative estimate of drug-likeness (QED) is 0.559. The van der Waals surface area contributed by atoms with Gasteiger partial charge in [-0.1, -0.05) is 44.2 Å². The molecule has 0 atom stereocenters. The van der Waals surface area contributed by atoms with Gasteiger partial charge in [-0.2, -0.15) is 0 Å². The lowest BCUT2D eigenvalue weighted by Crippen LogP contribution is -2.12. The van der Waals surface area contributed by atoms with Gasteiger partial charge in [0, 0.05) is 18.4 Å². The van der Waals surface area contributed by atoms with Crippen LogP contribution >= 0.6 is 0 Å². The number of nitrogens with one attached hydrogen (secondary N) is 1. The van der Waals surface area contributed by atoms with Crippen LogP contribution in [0, 0.1) is 12.8 Å². The van der Waals surface area contributed by atoms with E-state index < -0.39 is 0 Å². The second-order valence-corrected chi connectivity index (χ2v) is 7.48.